The van der Waals surface area contributed by atoms with Crippen molar-refractivity contribution in [2.45, 2.75) is 30.5 Å². The van der Waals surface area contributed by atoms with Crippen LogP contribution in [0, 0.1) is 0 Å². The largest absolute Gasteiger partial charge is 0.510 e. The molecular weight excluding hydrogens is 337 g/mol. The molecule has 1 aromatic heterocycles. The molecule has 1 amide bonds. The monoisotopic (exact) mass is 353 g/mol. The third-order valence-corrected chi connectivity index (χ3v) is 4.96. The molecule has 3 saturated carbocycles. The number of halogens is 1. The van der Waals surface area contributed by atoms with Crippen molar-refractivity contribution in [3.8, 4) is 5.75 Å². The van der Waals surface area contributed by atoms with E-state index >= 15 is 0 Å². The number of alkyl halides is 1. The minimum Gasteiger partial charge on any atom is -0.451 e. The highest BCUT2D eigenvalue weighted by Crippen LogP contribution is 2.66. The van der Waals surface area contributed by atoms with E-state index < -0.39 is 35.5 Å². The Morgan fingerprint density at radius 3 is 2.72 bits per heavy atom. The number of hydrogen-bond donors (Lipinski definition) is 1. The minimum atomic E-state index is -1.15. The molecule has 0 unspecified atom stereocenters. The molecule has 0 aromatic carbocycles. The van der Waals surface area contributed by atoms with Gasteiger partial charge in [0, 0.05) is 31.5 Å². The second-order valence-corrected chi connectivity index (χ2v) is 6.54. The van der Waals surface area contributed by atoms with E-state index in [1.54, 1.807) is 0 Å². The smallest absolute Gasteiger partial charge is 0.451 e. The first kappa shape index (κ1) is 15.7. The standard InChI is InChI=1S/C15H16FN3O6/c1-23-13(22)25-8-24-11-9(20)2-3-19-10(11)12(21)18(7-17-19)15-4-14(16,5-15)6-15/h2-3,17H,4-8H2,1H3. The highest BCUT2D eigenvalue weighted by atomic mass is 19.1. The quantitative estimate of drug-likeness (QED) is 0.624. The molecule has 134 valence electrons. The molecule has 0 saturated heterocycles. The molecule has 10 heteroatoms. The number of rotatable bonds is 4. The van der Waals surface area contributed by atoms with E-state index in [9.17, 15) is 18.8 Å². The molecule has 2 bridgehead atoms. The van der Waals surface area contributed by atoms with Gasteiger partial charge in [0.1, 0.15) is 12.3 Å². The van der Waals surface area contributed by atoms with Gasteiger partial charge in [0.15, 0.2) is 5.69 Å². The van der Waals surface area contributed by atoms with E-state index in [-0.39, 0.29) is 18.1 Å². The highest BCUT2D eigenvalue weighted by Gasteiger charge is 2.73. The third-order valence-electron chi connectivity index (χ3n) is 4.96. The zero-order chi connectivity index (χ0) is 17.8. The van der Waals surface area contributed by atoms with Crippen LogP contribution in [-0.4, -0.2) is 53.4 Å². The van der Waals surface area contributed by atoms with Crippen LogP contribution in [-0.2, 0) is 9.47 Å². The van der Waals surface area contributed by atoms with Gasteiger partial charge in [0.25, 0.3) is 5.91 Å². The SMILES string of the molecule is COC(=O)OCOc1c2n(ccc1=O)NCN(C13CC(F)(C1)C3)C2=O. The number of nitrogens with zero attached hydrogens (tertiary/aromatic N) is 2. The number of methoxy groups -OCH3 is 1. The second-order valence-electron chi connectivity index (χ2n) is 6.54. The molecular formula is C15H16FN3O6. The summed E-state index contributed by atoms with van der Waals surface area (Å²) in [6.07, 6.45) is 1.38. The maximum atomic E-state index is 13.8. The maximum absolute atomic E-state index is 13.8. The molecule has 0 atom stereocenters. The van der Waals surface area contributed by atoms with Gasteiger partial charge < -0.3 is 24.5 Å². The van der Waals surface area contributed by atoms with Gasteiger partial charge in [-0.25, -0.2) is 9.18 Å². The Morgan fingerprint density at radius 1 is 1.36 bits per heavy atom. The van der Waals surface area contributed by atoms with Crippen LogP contribution in [0.4, 0.5) is 9.18 Å². The van der Waals surface area contributed by atoms with Crippen molar-refractivity contribution in [3.05, 3.63) is 28.2 Å². The van der Waals surface area contributed by atoms with Crippen LogP contribution in [0.3, 0.4) is 0 Å². The average Bonchev–Trinajstić information content (AvgIpc) is 2.53. The number of pyridine rings is 1. The van der Waals surface area contributed by atoms with Crippen LogP contribution in [0.1, 0.15) is 29.8 Å². The Hall–Kier alpha value is -2.78. The second kappa shape index (κ2) is 5.11. The van der Waals surface area contributed by atoms with Gasteiger partial charge in [-0.05, 0) is 0 Å². The zero-order valence-electron chi connectivity index (χ0n) is 13.4. The first-order chi connectivity index (χ1) is 11.9. The lowest BCUT2D eigenvalue weighted by Gasteiger charge is -2.69. The average molecular weight is 353 g/mol. The molecule has 3 aliphatic carbocycles. The summed E-state index contributed by atoms with van der Waals surface area (Å²) in [6.45, 7) is -0.367. The Labute approximate surface area is 141 Å². The summed E-state index contributed by atoms with van der Waals surface area (Å²) in [7, 11) is 1.13. The molecule has 5 rings (SSSR count). The minimum absolute atomic E-state index is 0.00940. The van der Waals surface area contributed by atoms with Crippen LogP contribution >= 0.6 is 0 Å². The van der Waals surface area contributed by atoms with Crippen LogP contribution < -0.4 is 15.6 Å². The summed E-state index contributed by atoms with van der Waals surface area (Å²) >= 11 is 0. The molecule has 0 spiro atoms. The lowest BCUT2D eigenvalue weighted by molar-refractivity contribution is -0.212. The fourth-order valence-corrected chi connectivity index (χ4v) is 3.82. The highest BCUT2D eigenvalue weighted by molar-refractivity contribution is 5.97. The van der Waals surface area contributed by atoms with Gasteiger partial charge >= 0.3 is 6.16 Å². The lowest BCUT2D eigenvalue weighted by atomic mass is 9.46. The van der Waals surface area contributed by atoms with Gasteiger partial charge in [-0.15, -0.1) is 0 Å². The molecule has 4 aliphatic rings. The molecule has 1 N–H and O–H groups in total. The summed E-state index contributed by atoms with van der Waals surface area (Å²) in [5, 5.41) is 0. The maximum Gasteiger partial charge on any atom is 0.510 e. The zero-order valence-corrected chi connectivity index (χ0v) is 13.4. The number of amides is 1. The van der Waals surface area contributed by atoms with Crippen molar-refractivity contribution < 1.29 is 28.2 Å². The van der Waals surface area contributed by atoms with Crippen molar-refractivity contribution in [1.82, 2.24) is 9.58 Å². The Kier molecular flexibility index (Phi) is 3.21. The van der Waals surface area contributed by atoms with Crippen molar-refractivity contribution >= 4 is 12.1 Å². The molecule has 25 heavy (non-hydrogen) atoms. The number of carbonyl (C=O) groups excluding carboxylic acids is 2. The summed E-state index contributed by atoms with van der Waals surface area (Å²) < 4.78 is 29.3. The molecule has 0 radical (unpaired) electrons. The summed E-state index contributed by atoms with van der Waals surface area (Å²) in [5.74, 6) is -0.665. The number of ether oxygens (including phenoxy) is 3. The van der Waals surface area contributed by atoms with E-state index in [0.717, 1.165) is 7.11 Å². The van der Waals surface area contributed by atoms with E-state index in [1.807, 2.05) is 0 Å². The Morgan fingerprint density at radius 2 is 2.08 bits per heavy atom. The van der Waals surface area contributed by atoms with Gasteiger partial charge in [-0.1, -0.05) is 0 Å². The van der Waals surface area contributed by atoms with Gasteiger partial charge in [-0.2, -0.15) is 0 Å². The van der Waals surface area contributed by atoms with Gasteiger partial charge in [0.2, 0.25) is 18.0 Å². The van der Waals surface area contributed by atoms with Gasteiger partial charge in [0.05, 0.1) is 12.6 Å². The molecule has 1 aliphatic heterocycles. The van der Waals surface area contributed by atoms with E-state index in [0.29, 0.717) is 19.3 Å². The van der Waals surface area contributed by atoms with Crippen molar-refractivity contribution in [2.75, 3.05) is 26.0 Å². The fourth-order valence-electron chi connectivity index (χ4n) is 3.82. The lowest BCUT2D eigenvalue weighted by Crippen LogP contribution is -2.79. The van der Waals surface area contributed by atoms with E-state index in [1.165, 1.54) is 21.8 Å². The van der Waals surface area contributed by atoms with Crippen molar-refractivity contribution in [1.29, 1.82) is 0 Å². The topological polar surface area (TPSA) is 99.1 Å². The van der Waals surface area contributed by atoms with E-state index in [4.69, 9.17) is 4.74 Å². The summed E-state index contributed by atoms with van der Waals surface area (Å²) in [6, 6.07) is 1.23. The molecule has 1 aromatic rings. The van der Waals surface area contributed by atoms with E-state index in [2.05, 4.69) is 14.9 Å². The summed E-state index contributed by atoms with van der Waals surface area (Å²) in [5.41, 5.74) is 0.799. The Balaban J connectivity index is 1.59. The van der Waals surface area contributed by atoms with Crippen LogP contribution in [0.2, 0.25) is 0 Å². The van der Waals surface area contributed by atoms with Crippen molar-refractivity contribution in [3.63, 3.8) is 0 Å². The van der Waals surface area contributed by atoms with Crippen molar-refractivity contribution in [2.24, 2.45) is 0 Å². The number of nitrogens with one attached hydrogen (secondary N) is 1. The van der Waals surface area contributed by atoms with Crippen LogP contribution in [0.15, 0.2) is 17.1 Å². The van der Waals surface area contributed by atoms with Crippen LogP contribution in [0.5, 0.6) is 5.75 Å². The first-order valence-corrected chi connectivity index (χ1v) is 7.72. The normalized spacial score (nSPS) is 28.9. The first-order valence-electron chi connectivity index (χ1n) is 7.72. The van der Waals surface area contributed by atoms with Gasteiger partial charge in [-0.3, -0.25) is 14.3 Å². The predicted octanol–water partition coefficient (Wildman–Crippen LogP) is 0.569. The number of hydrogen-bond acceptors (Lipinski definition) is 7. The Bertz CT molecular complexity index is 802. The molecule has 9 nitrogen and oxygen atoms in total. The fraction of sp³-hybridized carbons (Fsp3) is 0.533. The number of aromatic nitrogens is 1. The van der Waals surface area contributed by atoms with Crippen LogP contribution in [0.25, 0.3) is 0 Å². The number of carbonyl (C=O) groups is 2. The number of fused-ring (bicyclic) bond motifs is 1. The predicted molar refractivity (Wildman–Crippen MR) is 80.5 cm³/mol. The summed E-state index contributed by atoms with van der Waals surface area (Å²) in [4.78, 5) is 37.5. The molecule has 3 fully saturated rings. The molecule has 2 heterocycles. The third kappa shape index (κ3) is 2.24.